The Hall–Kier alpha value is -2.29. The van der Waals surface area contributed by atoms with Gasteiger partial charge in [0.25, 0.3) is 5.69 Å². The first-order valence-corrected chi connectivity index (χ1v) is 6.61. The fraction of sp³-hybridized carbons (Fsp3) is 0.500. The fourth-order valence-corrected chi connectivity index (χ4v) is 1.69. The van der Waals surface area contributed by atoms with E-state index in [0.29, 0.717) is 22.8 Å². The number of hydrogen-bond donors (Lipinski definition) is 0. The number of nitrogens with zero attached hydrogens (tertiary/aromatic N) is 3. The molecule has 0 aliphatic carbocycles. The van der Waals surface area contributed by atoms with Crippen LogP contribution in [0.25, 0.3) is 0 Å². The van der Waals surface area contributed by atoms with Crippen molar-refractivity contribution >= 4 is 5.69 Å². The Morgan fingerprint density at radius 2 is 2.15 bits per heavy atom. The van der Waals surface area contributed by atoms with E-state index >= 15 is 0 Å². The van der Waals surface area contributed by atoms with Gasteiger partial charge in [0.2, 0.25) is 5.28 Å². The van der Waals surface area contributed by atoms with Gasteiger partial charge in [-0.25, -0.2) is 0 Å². The minimum absolute atomic E-state index is 0.223. The van der Waals surface area contributed by atoms with Crippen LogP contribution in [-0.4, -0.2) is 18.6 Å². The Kier molecular flexibility index (Phi) is 6.90. The highest BCUT2D eigenvalue weighted by atomic mass is 16.7. The summed E-state index contributed by atoms with van der Waals surface area (Å²) in [5.74, 6) is 0.344. The number of nitriles is 1. The molecule has 1 aromatic carbocycles. The second kappa shape index (κ2) is 8.75. The summed E-state index contributed by atoms with van der Waals surface area (Å²) in [7, 11) is 1.29. The van der Waals surface area contributed by atoms with Crippen molar-refractivity contribution in [2.75, 3.05) is 13.7 Å². The van der Waals surface area contributed by atoms with E-state index in [-0.39, 0.29) is 5.69 Å². The van der Waals surface area contributed by atoms with E-state index in [1.165, 1.54) is 25.3 Å². The van der Waals surface area contributed by atoms with E-state index in [1.807, 2.05) is 6.07 Å². The Morgan fingerprint density at radius 3 is 2.80 bits per heavy atom. The molecule has 0 saturated carbocycles. The van der Waals surface area contributed by atoms with Gasteiger partial charge in [0, 0.05) is 12.1 Å². The molecule has 0 N–H and O–H groups in total. The molecule has 0 spiro atoms. The van der Waals surface area contributed by atoms with Crippen molar-refractivity contribution in [3.8, 4) is 11.8 Å². The summed E-state index contributed by atoms with van der Waals surface area (Å²) in [6.07, 6.45) is 4.29. The third-order valence-electron chi connectivity index (χ3n) is 2.71. The highest BCUT2D eigenvalue weighted by Gasteiger charge is 2.15. The molecular formula is C14H19N3O3. The standard InChI is InChI=1S/C14H19N3O3/c1-3-4-5-6-9-20-14-10-12(11-15)7-8-13(14)17(18)16-19-2/h7-8,10H,3-6,9H2,1-2H3/b17-16-. The molecule has 0 aliphatic heterocycles. The van der Waals surface area contributed by atoms with E-state index in [0.717, 1.165) is 25.7 Å². The molecule has 0 atom stereocenters. The van der Waals surface area contributed by atoms with Crippen molar-refractivity contribution in [2.24, 2.45) is 5.28 Å². The molecule has 0 aromatic heterocycles. The lowest BCUT2D eigenvalue weighted by Crippen LogP contribution is -2.02. The summed E-state index contributed by atoms with van der Waals surface area (Å²) in [6.45, 7) is 2.64. The van der Waals surface area contributed by atoms with Crippen LogP contribution in [0.1, 0.15) is 38.2 Å². The summed E-state index contributed by atoms with van der Waals surface area (Å²) in [5.41, 5.74) is 0.657. The monoisotopic (exact) mass is 277 g/mol. The predicted molar refractivity (Wildman–Crippen MR) is 73.5 cm³/mol. The van der Waals surface area contributed by atoms with Crippen molar-refractivity contribution in [1.82, 2.24) is 0 Å². The molecule has 0 aliphatic rings. The van der Waals surface area contributed by atoms with E-state index in [9.17, 15) is 5.21 Å². The van der Waals surface area contributed by atoms with Gasteiger partial charge in [-0.15, -0.1) is 0 Å². The average Bonchev–Trinajstić information content (AvgIpc) is 2.47. The highest BCUT2D eigenvalue weighted by molar-refractivity contribution is 5.51. The molecule has 0 bridgehead atoms. The summed E-state index contributed by atoms with van der Waals surface area (Å²) in [6, 6.07) is 6.58. The molecule has 0 saturated heterocycles. The summed E-state index contributed by atoms with van der Waals surface area (Å²) >= 11 is 0. The third kappa shape index (κ3) is 4.76. The number of benzene rings is 1. The zero-order chi connectivity index (χ0) is 14.8. The lowest BCUT2D eigenvalue weighted by Gasteiger charge is -2.08. The molecule has 0 fully saturated rings. The van der Waals surface area contributed by atoms with Crippen molar-refractivity contribution in [1.29, 1.82) is 5.26 Å². The van der Waals surface area contributed by atoms with Crippen molar-refractivity contribution in [2.45, 2.75) is 32.6 Å². The number of rotatable bonds is 8. The average molecular weight is 277 g/mol. The van der Waals surface area contributed by atoms with Gasteiger partial charge in [-0.1, -0.05) is 26.2 Å². The molecule has 1 rings (SSSR count). The van der Waals surface area contributed by atoms with Crippen LogP contribution < -0.4 is 4.74 Å². The van der Waals surface area contributed by atoms with Gasteiger partial charge in [0.1, 0.15) is 7.11 Å². The van der Waals surface area contributed by atoms with Crippen LogP contribution >= 0.6 is 0 Å². The third-order valence-corrected chi connectivity index (χ3v) is 2.71. The minimum Gasteiger partial charge on any atom is -0.591 e. The van der Waals surface area contributed by atoms with Crippen molar-refractivity contribution in [3.63, 3.8) is 0 Å². The molecule has 108 valence electrons. The molecule has 20 heavy (non-hydrogen) atoms. The number of ether oxygens (including phenoxy) is 1. The fourth-order valence-electron chi connectivity index (χ4n) is 1.69. The van der Waals surface area contributed by atoms with Crippen LogP contribution in [0.3, 0.4) is 0 Å². The van der Waals surface area contributed by atoms with Crippen molar-refractivity contribution in [3.05, 3.63) is 29.0 Å². The molecule has 0 unspecified atom stereocenters. The Balaban J connectivity index is 2.79. The molecule has 0 radical (unpaired) electrons. The van der Waals surface area contributed by atoms with E-state index in [4.69, 9.17) is 10.00 Å². The van der Waals surface area contributed by atoms with Crippen LogP contribution in [0, 0.1) is 16.5 Å². The second-order valence-corrected chi connectivity index (χ2v) is 4.24. The van der Waals surface area contributed by atoms with Crippen molar-refractivity contribution < 1.29 is 14.4 Å². The van der Waals surface area contributed by atoms with Gasteiger partial charge < -0.3 is 14.8 Å². The lowest BCUT2D eigenvalue weighted by atomic mass is 10.2. The van der Waals surface area contributed by atoms with Gasteiger partial charge in [-0.3, -0.25) is 0 Å². The highest BCUT2D eigenvalue weighted by Crippen LogP contribution is 2.28. The topological polar surface area (TPSA) is 80.7 Å². The number of unbranched alkanes of at least 4 members (excludes halogenated alkanes) is 3. The van der Waals surface area contributed by atoms with Crippen LogP contribution in [0.2, 0.25) is 0 Å². The summed E-state index contributed by atoms with van der Waals surface area (Å²) < 4.78 is 5.59. The van der Waals surface area contributed by atoms with Gasteiger partial charge >= 0.3 is 0 Å². The molecule has 1 aromatic rings. The minimum atomic E-state index is 0.223. The second-order valence-electron chi connectivity index (χ2n) is 4.24. The first-order chi connectivity index (χ1) is 9.72. The lowest BCUT2D eigenvalue weighted by molar-refractivity contribution is -0.477. The van der Waals surface area contributed by atoms with E-state index in [1.54, 1.807) is 0 Å². The van der Waals surface area contributed by atoms with Crippen LogP contribution in [-0.2, 0) is 4.84 Å². The van der Waals surface area contributed by atoms with E-state index < -0.39 is 0 Å². The largest absolute Gasteiger partial charge is 0.591 e. The number of hydrogen-bond acceptors (Lipinski definition) is 5. The maximum Gasteiger partial charge on any atom is 0.289 e. The van der Waals surface area contributed by atoms with E-state index in [2.05, 4.69) is 17.0 Å². The van der Waals surface area contributed by atoms with Gasteiger partial charge in [-0.2, -0.15) is 5.26 Å². The molecule has 6 heteroatoms. The first kappa shape index (κ1) is 15.8. The molecular weight excluding hydrogens is 258 g/mol. The quantitative estimate of drug-likeness (QED) is 0.314. The first-order valence-electron chi connectivity index (χ1n) is 6.61. The van der Waals surface area contributed by atoms with Gasteiger partial charge in [-0.05, 0) is 17.3 Å². The predicted octanol–water partition coefficient (Wildman–Crippen LogP) is 3.67. The maximum absolute atomic E-state index is 11.7. The van der Waals surface area contributed by atoms with Crippen LogP contribution in [0.4, 0.5) is 5.69 Å². The normalized spacial score (nSPS) is 10.9. The smallest absolute Gasteiger partial charge is 0.289 e. The van der Waals surface area contributed by atoms with Crippen LogP contribution in [0.15, 0.2) is 23.5 Å². The zero-order valence-electron chi connectivity index (χ0n) is 11.8. The molecule has 6 nitrogen and oxygen atoms in total. The molecule has 0 heterocycles. The molecule has 0 amide bonds. The SMILES string of the molecule is CCCCCCOc1cc(C#N)ccc1/[N+]([O-])=N/OC. The maximum atomic E-state index is 11.7. The Morgan fingerprint density at radius 1 is 1.35 bits per heavy atom. The van der Waals surface area contributed by atoms with Gasteiger partial charge in [0.05, 0.1) is 18.2 Å². The summed E-state index contributed by atoms with van der Waals surface area (Å²) in [4.78, 5) is 4.78. The Bertz CT molecular complexity index is 495. The zero-order valence-corrected chi connectivity index (χ0v) is 11.8. The van der Waals surface area contributed by atoms with Crippen LogP contribution in [0.5, 0.6) is 5.75 Å². The Labute approximate surface area is 118 Å². The van der Waals surface area contributed by atoms with Gasteiger partial charge in [0.15, 0.2) is 5.75 Å². The summed E-state index contributed by atoms with van der Waals surface area (Å²) in [5, 5.41) is 23.8.